The molecule has 0 fully saturated rings. The van der Waals surface area contributed by atoms with Crippen LogP contribution in [0.3, 0.4) is 0 Å². The molecule has 0 radical (unpaired) electrons. The third-order valence-electron chi connectivity index (χ3n) is 2.81. The van der Waals surface area contributed by atoms with Crippen LogP contribution < -0.4 is 15.8 Å². The summed E-state index contributed by atoms with van der Waals surface area (Å²) in [7, 11) is 1.59. The molecule has 2 rings (SSSR count). The summed E-state index contributed by atoms with van der Waals surface area (Å²) in [4.78, 5) is 12.1. The monoisotopic (exact) mass is 334 g/mol. The zero-order chi connectivity index (χ0) is 14.5. The van der Waals surface area contributed by atoms with Gasteiger partial charge in [0, 0.05) is 15.7 Å². The average molecular weight is 335 g/mol. The van der Waals surface area contributed by atoms with Gasteiger partial charge in [0.15, 0.2) is 0 Å². The number of methoxy groups -OCH3 is 1. The Morgan fingerprint density at radius 3 is 2.80 bits per heavy atom. The molecule has 1 amide bonds. The summed E-state index contributed by atoms with van der Waals surface area (Å²) < 4.78 is 6.02. The molecule has 0 aromatic heterocycles. The summed E-state index contributed by atoms with van der Waals surface area (Å²) in [5, 5.41) is 2.83. The van der Waals surface area contributed by atoms with E-state index in [1.54, 1.807) is 25.3 Å². The van der Waals surface area contributed by atoms with Crippen molar-refractivity contribution in [3.63, 3.8) is 0 Å². The lowest BCUT2D eigenvalue weighted by atomic mass is 10.1. The maximum absolute atomic E-state index is 12.1. The molecule has 5 heteroatoms. The number of nitrogen functional groups attached to an aromatic ring is 1. The lowest BCUT2D eigenvalue weighted by molar-refractivity contribution is -0.115. The Morgan fingerprint density at radius 1 is 1.30 bits per heavy atom. The van der Waals surface area contributed by atoms with Crippen LogP contribution in [0, 0.1) is 0 Å². The van der Waals surface area contributed by atoms with Gasteiger partial charge in [-0.15, -0.1) is 0 Å². The van der Waals surface area contributed by atoms with E-state index in [-0.39, 0.29) is 12.3 Å². The minimum atomic E-state index is -0.124. The highest BCUT2D eigenvalue weighted by molar-refractivity contribution is 9.10. The zero-order valence-corrected chi connectivity index (χ0v) is 12.6. The number of nitrogens with one attached hydrogen (secondary N) is 1. The Kier molecular flexibility index (Phi) is 4.63. The summed E-state index contributed by atoms with van der Waals surface area (Å²) in [6.45, 7) is 0. The largest absolute Gasteiger partial charge is 0.496 e. The van der Waals surface area contributed by atoms with E-state index in [0.29, 0.717) is 17.1 Å². The number of ether oxygens (including phenoxy) is 1. The highest BCUT2D eigenvalue weighted by Crippen LogP contribution is 2.25. The Hall–Kier alpha value is -2.01. The van der Waals surface area contributed by atoms with E-state index in [1.165, 1.54) is 0 Å². The van der Waals surface area contributed by atoms with Gasteiger partial charge in [0.05, 0.1) is 19.2 Å². The first-order chi connectivity index (χ1) is 9.60. The molecule has 0 aliphatic heterocycles. The predicted molar refractivity (Wildman–Crippen MR) is 83.9 cm³/mol. The van der Waals surface area contributed by atoms with Gasteiger partial charge in [0.2, 0.25) is 5.91 Å². The van der Waals surface area contributed by atoms with Crippen LogP contribution in [-0.2, 0) is 11.2 Å². The SMILES string of the molecule is COc1ccccc1CC(=O)Nc1cc(N)ccc1Br. The van der Waals surface area contributed by atoms with E-state index in [2.05, 4.69) is 21.2 Å². The van der Waals surface area contributed by atoms with Crippen molar-refractivity contribution < 1.29 is 9.53 Å². The predicted octanol–water partition coefficient (Wildman–Crippen LogP) is 3.22. The fraction of sp³-hybridized carbons (Fsp3) is 0.133. The van der Waals surface area contributed by atoms with E-state index in [9.17, 15) is 4.79 Å². The molecule has 0 aliphatic rings. The number of rotatable bonds is 4. The number of nitrogens with two attached hydrogens (primary N) is 1. The maximum atomic E-state index is 12.1. The fourth-order valence-electron chi connectivity index (χ4n) is 1.86. The van der Waals surface area contributed by atoms with Crippen molar-refractivity contribution in [2.75, 3.05) is 18.2 Å². The quantitative estimate of drug-likeness (QED) is 0.843. The van der Waals surface area contributed by atoms with Gasteiger partial charge in [-0.05, 0) is 40.2 Å². The van der Waals surface area contributed by atoms with Gasteiger partial charge in [-0.3, -0.25) is 4.79 Å². The molecule has 0 spiro atoms. The molecule has 2 aromatic rings. The van der Waals surface area contributed by atoms with Gasteiger partial charge in [0.25, 0.3) is 0 Å². The normalized spacial score (nSPS) is 10.1. The highest BCUT2D eigenvalue weighted by atomic mass is 79.9. The second-order valence-electron chi connectivity index (χ2n) is 4.28. The molecule has 0 heterocycles. The van der Waals surface area contributed by atoms with E-state index >= 15 is 0 Å². The molecule has 2 aromatic carbocycles. The maximum Gasteiger partial charge on any atom is 0.228 e. The van der Waals surface area contributed by atoms with E-state index in [4.69, 9.17) is 10.5 Å². The van der Waals surface area contributed by atoms with Crippen molar-refractivity contribution in [3.05, 3.63) is 52.5 Å². The summed E-state index contributed by atoms with van der Waals surface area (Å²) in [5.41, 5.74) is 7.80. The molecular formula is C15H15BrN2O2. The van der Waals surface area contributed by atoms with E-state index < -0.39 is 0 Å². The molecule has 20 heavy (non-hydrogen) atoms. The third kappa shape index (κ3) is 3.51. The van der Waals surface area contributed by atoms with Crippen molar-refractivity contribution in [2.45, 2.75) is 6.42 Å². The Bertz CT molecular complexity index is 629. The molecule has 0 bridgehead atoms. The van der Waals surface area contributed by atoms with Crippen LogP contribution in [0.15, 0.2) is 46.9 Å². The molecule has 3 N–H and O–H groups in total. The van der Waals surface area contributed by atoms with Crippen LogP contribution in [0.5, 0.6) is 5.75 Å². The van der Waals surface area contributed by atoms with E-state index in [1.807, 2.05) is 24.3 Å². The second kappa shape index (κ2) is 6.43. The molecule has 4 nitrogen and oxygen atoms in total. The number of hydrogen-bond acceptors (Lipinski definition) is 3. The summed E-state index contributed by atoms with van der Waals surface area (Å²) in [5.74, 6) is 0.579. The number of halogens is 1. The third-order valence-corrected chi connectivity index (χ3v) is 3.50. The fourth-order valence-corrected chi connectivity index (χ4v) is 2.20. The number of anilines is 2. The number of benzene rings is 2. The van der Waals surface area contributed by atoms with Crippen molar-refractivity contribution in [3.8, 4) is 5.75 Å². The van der Waals surface area contributed by atoms with Crippen molar-refractivity contribution in [1.29, 1.82) is 0 Å². The second-order valence-corrected chi connectivity index (χ2v) is 5.13. The standard InChI is InChI=1S/C15H15BrN2O2/c1-20-14-5-3-2-4-10(14)8-15(19)18-13-9-11(17)6-7-12(13)16/h2-7,9H,8,17H2,1H3,(H,18,19). The van der Waals surface area contributed by atoms with Gasteiger partial charge < -0.3 is 15.8 Å². The minimum absolute atomic E-state index is 0.124. The topological polar surface area (TPSA) is 64.3 Å². The Balaban J connectivity index is 2.11. The van der Waals surface area contributed by atoms with Crippen LogP contribution in [-0.4, -0.2) is 13.0 Å². The molecule has 0 saturated carbocycles. The summed E-state index contributed by atoms with van der Waals surface area (Å²) in [6, 6.07) is 12.7. The molecule has 104 valence electrons. The van der Waals surface area contributed by atoms with Gasteiger partial charge in [0.1, 0.15) is 5.75 Å². The van der Waals surface area contributed by atoms with Gasteiger partial charge >= 0.3 is 0 Å². The van der Waals surface area contributed by atoms with Crippen LogP contribution in [0.2, 0.25) is 0 Å². The first-order valence-electron chi connectivity index (χ1n) is 6.07. The first kappa shape index (κ1) is 14.4. The average Bonchev–Trinajstić information content (AvgIpc) is 2.43. The molecular weight excluding hydrogens is 320 g/mol. The molecule has 0 saturated heterocycles. The summed E-state index contributed by atoms with van der Waals surface area (Å²) >= 11 is 3.38. The molecule has 0 atom stereocenters. The first-order valence-corrected chi connectivity index (χ1v) is 6.86. The van der Waals surface area contributed by atoms with Crippen molar-refractivity contribution in [1.82, 2.24) is 0 Å². The van der Waals surface area contributed by atoms with Crippen molar-refractivity contribution >= 4 is 33.2 Å². The smallest absolute Gasteiger partial charge is 0.228 e. The van der Waals surface area contributed by atoms with Gasteiger partial charge in [-0.25, -0.2) is 0 Å². The highest BCUT2D eigenvalue weighted by Gasteiger charge is 2.10. The van der Waals surface area contributed by atoms with Crippen LogP contribution in [0.25, 0.3) is 0 Å². The Labute approximate surface area is 126 Å². The molecule has 0 aliphatic carbocycles. The van der Waals surface area contributed by atoms with Gasteiger partial charge in [-0.2, -0.15) is 0 Å². The lowest BCUT2D eigenvalue weighted by Crippen LogP contribution is -2.15. The van der Waals surface area contributed by atoms with Gasteiger partial charge in [-0.1, -0.05) is 18.2 Å². The van der Waals surface area contributed by atoms with Crippen molar-refractivity contribution in [2.24, 2.45) is 0 Å². The number of hydrogen-bond donors (Lipinski definition) is 2. The molecule has 0 unspecified atom stereocenters. The summed E-state index contributed by atoms with van der Waals surface area (Å²) in [6.07, 6.45) is 0.241. The number of amides is 1. The van der Waals surface area contributed by atoms with E-state index in [0.717, 1.165) is 10.0 Å². The number of carbonyl (C=O) groups excluding carboxylic acids is 1. The zero-order valence-electron chi connectivity index (χ0n) is 11.0. The van der Waals surface area contributed by atoms with Crippen LogP contribution in [0.4, 0.5) is 11.4 Å². The minimum Gasteiger partial charge on any atom is -0.496 e. The van der Waals surface area contributed by atoms with Crippen LogP contribution >= 0.6 is 15.9 Å². The number of para-hydroxylation sites is 1. The number of carbonyl (C=O) groups is 1. The van der Waals surface area contributed by atoms with Crippen LogP contribution in [0.1, 0.15) is 5.56 Å². The Morgan fingerprint density at radius 2 is 2.05 bits per heavy atom. The lowest BCUT2D eigenvalue weighted by Gasteiger charge is -2.10.